The van der Waals surface area contributed by atoms with Crippen molar-refractivity contribution in [1.82, 2.24) is 14.9 Å². The van der Waals surface area contributed by atoms with E-state index in [1.165, 1.54) is 0 Å². The fourth-order valence-electron chi connectivity index (χ4n) is 6.18. The van der Waals surface area contributed by atoms with Crippen molar-refractivity contribution >= 4 is 51.5 Å². The number of aliphatic hydroxyl groups excluding tert-OH is 4. The van der Waals surface area contributed by atoms with Crippen LogP contribution in [0.15, 0.2) is 84.9 Å². The predicted molar refractivity (Wildman–Crippen MR) is 203 cm³/mol. The van der Waals surface area contributed by atoms with Gasteiger partial charge in [-0.25, -0.2) is 4.98 Å². The van der Waals surface area contributed by atoms with Crippen LogP contribution in [0.4, 0.5) is 11.4 Å². The van der Waals surface area contributed by atoms with Crippen LogP contribution >= 0.6 is 23.2 Å². The van der Waals surface area contributed by atoms with Gasteiger partial charge < -0.3 is 45.8 Å². The first-order valence-corrected chi connectivity index (χ1v) is 17.6. The van der Waals surface area contributed by atoms with Crippen LogP contribution in [-0.4, -0.2) is 88.5 Å². The van der Waals surface area contributed by atoms with Gasteiger partial charge in [0.25, 0.3) is 0 Å². The number of carbonyl (C=O) groups excluding carboxylic acids is 1. The lowest BCUT2D eigenvalue weighted by molar-refractivity contribution is -0.118. The van der Waals surface area contributed by atoms with Gasteiger partial charge in [-0.15, -0.1) is 0 Å². The molecule has 0 radical (unpaired) electrons. The van der Waals surface area contributed by atoms with Gasteiger partial charge in [-0.2, -0.15) is 0 Å². The fourth-order valence-corrected chi connectivity index (χ4v) is 6.50. The number of carbonyl (C=O) groups is 1. The standard InChI is InChI=1S/C38H44Cl2N6O5/c39-32-11-3-27(21-33(32)40)25-46-36-12-6-29(22-35(36)43-38(46)28-4-9-31(10-5-28)45(15-19-49)16-20-50)34(23-37(41)51)42-24-26-1-7-30(8-2-26)44(13-17-47)14-18-48/h1-12,21-22,34,42,47-50H,13-20,23-25H2,(H2,41,51). The Morgan fingerprint density at radius 3 is 1.86 bits per heavy atom. The van der Waals surface area contributed by atoms with Crippen LogP contribution in [0, 0.1) is 0 Å². The van der Waals surface area contributed by atoms with E-state index in [9.17, 15) is 25.2 Å². The third kappa shape index (κ3) is 9.78. The first kappa shape index (κ1) is 38.0. The maximum Gasteiger partial charge on any atom is 0.219 e. The Labute approximate surface area is 307 Å². The summed E-state index contributed by atoms with van der Waals surface area (Å²) in [6, 6.07) is 26.8. The van der Waals surface area contributed by atoms with Crippen molar-refractivity contribution in [2.75, 3.05) is 62.4 Å². The van der Waals surface area contributed by atoms with Crippen molar-refractivity contribution in [3.63, 3.8) is 0 Å². The maximum absolute atomic E-state index is 12.2. The van der Waals surface area contributed by atoms with Crippen LogP contribution < -0.4 is 20.9 Å². The van der Waals surface area contributed by atoms with E-state index < -0.39 is 5.91 Å². The number of fused-ring (bicyclic) bond motifs is 1. The molecule has 13 heteroatoms. The van der Waals surface area contributed by atoms with Crippen molar-refractivity contribution < 1.29 is 25.2 Å². The quantitative estimate of drug-likeness (QED) is 0.0725. The zero-order valence-corrected chi connectivity index (χ0v) is 29.8. The fraction of sp³-hybridized carbons (Fsp3) is 0.316. The second kappa shape index (κ2) is 18.3. The van der Waals surface area contributed by atoms with Gasteiger partial charge in [0.1, 0.15) is 5.82 Å². The van der Waals surface area contributed by atoms with E-state index in [4.69, 9.17) is 33.9 Å². The van der Waals surface area contributed by atoms with E-state index in [-0.39, 0.29) is 38.9 Å². The number of imidazole rings is 1. The highest BCUT2D eigenvalue weighted by molar-refractivity contribution is 6.42. The molecule has 270 valence electrons. The van der Waals surface area contributed by atoms with Crippen LogP contribution in [-0.2, 0) is 17.9 Å². The number of hydrogen-bond acceptors (Lipinski definition) is 9. The van der Waals surface area contributed by atoms with Crippen LogP contribution in [0.5, 0.6) is 0 Å². The maximum atomic E-state index is 12.2. The van der Waals surface area contributed by atoms with Crippen molar-refractivity contribution in [2.24, 2.45) is 5.73 Å². The molecule has 1 amide bonds. The molecule has 51 heavy (non-hydrogen) atoms. The average molecular weight is 736 g/mol. The Morgan fingerprint density at radius 1 is 0.745 bits per heavy atom. The van der Waals surface area contributed by atoms with E-state index in [0.717, 1.165) is 50.5 Å². The van der Waals surface area contributed by atoms with E-state index in [0.29, 0.717) is 49.3 Å². The summed E-state index contributed by atoms with van der Waals surface area (Å²) in [5.41, 5.74) is 12.8. The highest BCUT2D eigenvalue weighted by atomic mass is 35.5. The molecule has 0 saturated carbocycles. The van der Waals surface area contributed by atoms with Gasteiger partial charge in [0, 0.05) is 68.7 Å². The molecule has 0 fully saturated rings. The van der Waals surface area contributed by atoms with Gasteiger partial charge in [0.05, 0.1) is 47.5 Å². The Morgan fingerprint density at radius 2 is 1.31 bits per heavy atom. The highest BCUT2D eigenvalue weighted by Crippen LogP contribution is 2.31. The van der Waals surface area contributed by atoms with Crippen LogP contribution in [0.1, 0.15) is 29.2 Å². The first-order chi connectivity index (χ1) is 24.7. The molecule has 1 heterocycles. The number of rotatable bonds is 19. The molecular formula is C38H44Cl2N6O5. The summed E-state index contributed by atoms with van der Waals surface area (Å²) in [6.45, 7) is 2.50. The minimum atomic E-state index is -0.436. The smallest absolute Gasteiger partial charge is 0.219 e. The summed E-state index contributed by atoms with van der Waals surface area (Å²) >= 11 is 12.6. The highest BCUT2D eigenvalue weighted by Gasteiger charge is 2.19. The molecule has 0 aliphatic rings. The summed E-state index contributed by atoms with van der Waals surface area (Å²) in [5, 5.41) is 42.2. The topological polar surface area (TPSA) is 160 Å². The Bertz CT molecular complexity index is 1880. The molecule has 0 aliphatic heterocycles. The molecule has 1 atom stereocenters. The minimum Gasteiger partial charge on any atom is -0.395 e. The van der Waals surface area contributed by atoms with Gasteiger partial charge in [0.2, 0.25) is 5.91 Å². The number of anilines is 2. The third-order valence-electron chi connectivity index (χ3n) is 8.73. The summed E-state index contributed by atoms with van der Waals surface area (Å²) in [5.74, 6) is 0.292. The number of halogens is 2. The second-order valence-corrected chi connectivity index (χ2v) is 13.0. The van der Waals surface area contributed by atoms with Crippen LogP contribution in [0.25, 0.3) is 22.4 Å². The number of primary amides is 1. The Kier molecular flexibility index (Phi) is 13.7. The Balaban J connectivity index is 1.47. The zero-order valence-electron chi connectivity index (χ0n) is 28.3. The lowest BCUT2D eigenvalue weighted by Crippen LogP contribution is -2.29. The average Bonchev–Trinajstić information content (AvgIpc) is 3.48. The van der Waals surface area contributed by atoms with Gasteiger partial charge in [0.15, 0.2) is 0 Å². The molecule has 0 aliphatic carbocycles. The lowest BCUT2D eigenvalue weighted by Gasteiger charge is -2.23. The molecule has 5 rings (SSSR count). The van der Waals surface area contributed by atoms with Crippen molar-refractivity contribution in [3.05, 3.63) is 112 Å². The van der Waals surface area contributed by atoms with Gasteiger partial charge >= 0.3 is 0 Å². The van der Waals surface area contributed by atoms with Gasteiger partial charge in [-0.1, -0.05) is 47.5 Å². The molecule has 0 saturated heterocycles. The number of amides is 1. The molecular weight excluding hydrogens is 691 g/mol. The molecule has 4 aromatic carbocycles. The number of nitrogens with one attached hydrogen (secondary N) is 1. The normalized spacial score (nSPS) is 12.0. The van der Waals surface area contributed by atoms with E-state index in [1.54, 1.807) is 6.07 Å². The van der Waals surface area contributed by atoms with E-state index in [1.807, 2.05) is 88.7 Å². The van der Waals surface area contributed by atoms with Gasteiger partial charge in [-0.05, 0) is 77.4 Å². The van der Waals surface area contributed by atoms with Crippen molar-refractivity contribution in [2.45, 2.75) is 25.6 Å². The summed E-state index contributed by atoms with van der Waals surface area (Å²) in [6.07, 6.45) is 0.0842. The molecule has 7 N–H and O–H groups in total. The predicted octanol–water partition coefficient (Wildman–Crippen LogP) is 4.35. The SMILES string of the molecule is NC(=O)CC(NCc1ccc(N(CCO)CCO)cc1)c1ccc2c(c1)nc(-c1ccc(N(CCO)CCO)cc1)n2Cc1ccc(Cl)c(Cl)c1. The Hall–Kier alpha value is -4.20. The molecule has 1 unspecified atom stereocenters. The molecule has 5 aromatic rings. The number of nitrogens with two attached hydrogens (primary N) is 1. The van der Waals surface area contributed by atoms with Crippen LogP contribution in [0.2, 0.25) is 10.0 Å². The van der Waals surface area contributed by atoms with E-state index >= 15 is 0 Å². The second-order valence-electron chi connectivity index (χ2n) is 12.2. The summed E-state index contributed by atoms with van der Waals surface area (Å²) in [4.78, 5) is 21.1. The monoisotopic (exact) mass is 734 g/mol. The molecule has 0 bridgehead atoms. The zero-order chi connectivity index (χ0) is 36.3. The minimum absolute atomic E-state index is 0.0144. The largest absolute Gasteiger partial charge is 0.395 e. The molecule has 11 nitrogen and oxygen atoms in total. The van der Waals surface area contributed by atoms with Gasteiger partial charge in [-0.3, -0.25) is 4.79 Å². The van der Waals surface area contributed by atoms with Crippen molar-refractivity contribution in [1.29, 1.82) is 0 Å². The summed E-state index contributed by atoms with van der Waals surface area (Å²) < 4.78 is 2.11. The van der Waals surface area contributed by atoms with Crippen molar-refractivity contribution in [3.8, 4) is 11.4 Å². The number of aromatic nitrogens is 2. The first-order valence-electron chi connectivity index (χ1n) is 16.8. The number of benzene rings is 4. The van der Waals surface area contributed by atoms with Crippen LogP contribution in [0.3, 0.4) is 0 Å². The number of nitrogens with zero attached hydrogens (tertiary/aromatic N) is 4. The summed E-state index contributed by atoms with van der Waals surface area (Å²) in [7, 11) is 0. The lowest BCUT2D eigenvalue weighted by atomic mass is 10.0. The number of aliphatic hydroxyl groups is 4. The third-order valence-corrected chi connectivity index (χ3v) is 9.47. The molecule has 0 spiro atoms. The van der Waals surface area contributed by atoms with E-state index in [2.05, 4.69) is 9.88 Å². The molecule has 1 aromatic heterocycles. The number of hydrogen-bond donors (Lipinski definition) is 6.